The number of hydrogen-bond acceptors (Lipinski definition) is 6. The maximum Gasteiger partial charge on any atom is 0.340 e. The number of rotatable bonds is 8. The molecule has 0 aromatic heterocycles. The van der Waals surface area contributed by atoms with Crippen molar-refractivity contribution in [2.45, 2.75) is 13.3 Å². The van der Waals surface area contributed by atoms with E-state index in [0.717, 1.165) is 17.9 Å². The Morgan fingerprint density at radius 3 is 2.65 bits per heavy atom. The van der Waals surface area contributed by atoms with Crippen LogP contribution < -0.4 is 15.2 Å². The molecule has 1 aromatic rings. The van der Waals surface area contributed by atoms with Crippen molar-refractivity contribution in [1.82, 2.24) is 0 Å². The highest BCUT2D eigenvalue weighted by Gasteiger charge is 2.17. The first-order valence-electron chi connectivity index (χ1n) is 6.40. The molecule has 112 valence electrons. The van der Waals surface area contributed by atoms with Gasteiger partial charge in [-0.05, 0) is 24.0 Å². The molecule has 0 unspecified atom stereocenters. The molecule has 5 nitrogen and oxygen atoms in total. The molecule has 1 aromatic carbocycles. The number of esters is 1. The maximum absolute atomic E-state index is 12.0. The summed E-state index contributed by atoms with van der Waals surface area (Å²) in [5.74, 6) is 2.48. The van der Waals surface area contributed by atoms with Crippen LogP contribution in [-0.4, -0.2) is 38.3 Å². The molecule has 0 aliphatic heterocycles. The summed E-state index contributed by atoms with van der Waals surface area (Å²) in [5, 5.41) is 0. The van der Waals surface area contributed by atoms with Crippen molar-refractivity contribution in [2.75, 3.05) is 38.1 Å². The second-order valence-corrected chi connectivity index (χ2v) is 5.37. The molecule has 0 aliphatic rings. The van der Waals surface area contributed by atoms with E-state index in [1.54, 1.807) is 12.1 Å². The van der Waals surface area contributed by atoms with Gasteiger partial charge >= 0.3 is 5.97 Å². The average molecular weight is 299 g/mol. The Morgan fingerprint density at radius 1 is 1.30 bits per heavy atom. The number of methoxy groups -OCH3 is 2. The molecular formula is C14H21NO4S. The third-order valence-corrected chi connectivity index (χ3v) is 3.65. The van der Waals surface area contributed by atoms with Gasteiger partial charge in [0.05, 0.1) is 32.1 Å². The Morgan fingerprint density at radius 2 is 2.05 bits per heavy atom. The third-order valence-electron chi connectivity index (χ3n) is 2.66. The third kappa shape index (κ3) is 4.52. The van der Waals surface area contributed by atoms with Crippen LogP contribution in [0.4, 0.5) is 5.69 Å². The second-order valence-electron chi connectivity index (χ2n) is 3.98. The molecule has 6 heteroatoms. The molecule has 0 spiro atoms. The van der Waals surface area contributed by atoms with E-state index in [1.807, 2.05) is 11.8 Å². The van der Waals surface area contributed by atoms with Gasteiger partial charge in [-0.25, -0.2) is 4.79 Å². The molecule has 0 aliphatic carbocycles. The van der Waals surface area contributed by atoms with Gasteiger partial charge < -0.3 is 19.9 Å². The summed E-state index contributed by atoms with van der Waals surface area (Å²) in [6, 6.07) is 3.19. The monoisotopic (exact) mass is 299 g/mol. The Hall–Kier alpha value is -1.56. The maximum atomic E-state index is 12.0. The number of anilines is 1. The van der Waals surface area contributed by atoms with Crippen molar-refractivity contribution >= 4 is 23.4 Å². The quantitative estimate of drug-likeness (QED) is 0.452. The van der Waals surface area contributed by atoms with Crippen LogP contribution in [0.25, 0.3) is 0 Å². The fourth-order valence-corrected chi connectivity index (χ4v) is 2.22. The van der Waals surface area contributed by atoms with E-state index in [1.165, 1.54) is 14.2 Å². The van der Waals surface area contributed by atoms with Crippen LogP contribution in [0.1, 0.15) is 23.7 Å². The van der Waals surface area contributed by atoms with Crippen molar-refractivity contribution in [3.8, 4) is 11.5 Å². The minimum absolute atomic E-state index is 0.265. The molecule has 0 saturated heterocycles. The van der Waals surface area contributed by atoms with Gasteiger partial charge in [-0.15, -0.1) is 0 Å². The van der Waals surface area contributed by atoms with E-state index >= 15 is 0 Å². The first-order valence-corrected chi connectivity index (χ1v) is 7.55. The van der Waals surface area contributed by atoms with Crippen LogP contribution in [0.3, 0.4) is 0 Å². The topological polar surface area (TPSA) is 70.8 Å². The summed E-state index contributed by atoms with van der Waals surface area (Å²) in [7, 11) is 3.00. The number of carbonyl (C=O) groups excluding carboxylic acids is 1. The normalized spacial score (nSPS) is 10.2. The van der Waals surface area contributed by atoms with E-state index in [-0.39, 0.29) is 11.3 Å². The zero-order valence-electron chi connectivity index (χ0n) is 12.1. The molecule has 0 saturated carbocycles. The van der Waals surface area contributed by atoms with Gasteiger partial charge in [-0.1, -0.05) is 6.92 Å². The van der Waals surface area contributed by atoms with Gasteiger partial charge in [0.25, 0.3) is 0 Å². The van der Waals surface area contributed by atoms with Crippen LogP contribution in [0, 0.1) is 0 Å². The highest BCUT2D eigenvalue weighted by atomic mass is 32.2. The number of ether oxygens (including phenoxy) is 3. The minimum atomic E-state index is -0.457. The van der Waals surface area contributed by atoms with E-state index in [2.05, 4.69) is 6.92 Å². The molecule has 2 N–H and O–H groups in total. The van der Waals surface area contributed by atoms with Crippen molar-refractivity contribution < 1.29 is 19.0 Å². The molecule has 1 rings (SSSR count). The van der Waals surface area contributed by atoms with Gasteiger partial charge in [0.15, 0.2) is 0 Å². The summed E-state index contributed by atoms with van der Waals surface area (Å²) in [6.45, 7) is 2.48. The van der Waals surface area contributed by atoms with Gasteiger partial charge in [-0.2, -0.15) is 11.8 Å². The summed E-state index contributed by atoms with van der Waals surface area (Å²) < 4.78 is 15.4. The van der Waals surface area contributed by atoms with Gasteiger partial charge in [-0.3, -0.25) is 0 Å². The smallest absolute Gasteiger partial charge is 0.340 e. The molecule has 0 heterocycles. The molecule has 0 radical (unpaired) electrons. The summed E-state index contributed by atoms with van der Waals surface area (Å²) in [6.07, 6.45) is 0.825. The number of benzene rings is 1. The Bertz CT molecular complexity index is 451. The van der Waals surface area contributed by atoms with Gasteiger partial charge in [0, 0.05) is 6.07 Å². The van der Waals surface area contributed by atoms with E-state index in [4.69, 9.17) is 19.9 Å². The lowest BCUT2D eigenvalue weighted by Crippen LogP contribution is -2.11. The average Bonchev–Trinajstić information content (AvgIpc) is 2.47. The van der Waals surface area contributed by atoms with Crippen LogP contribution in [0.2, 0.25) is 0 Å². The van der Waals surface area contributed by atoms with Crippen LogP contribution >= 0.6 is 11.8 Å². The molecular weight excluding hydrogens is 278 g/mol. The molecule has 0 atom stereocenters. The fourth-order valence-electron chi connectivity index (χ4n) is 1.60. The highest BCUT2D eigenvalue weighted by molar-refractivity contribution is 7.99. The number of hydrogen-bond donors (Lipinski definition) is 1. The predicted molar refractivity (Wildman–Crippen MR) is 81.9 cm³/mol. The number of carbonyl (C=O) groups is 1. The Labute approximate surface area is 123 Å². The van der Waals surface area contributed by atoms with E-state index in [0.29, 0.717) is 18.1 Å². The lowest BCUT2D eigenvalue weighted by atomic mass is 10.1. The number of nitrogens with two attached hydrogens (primary N) is 1. The number of thioether (sulfide) groups is 1. The number of nitrogen functional groups attached to an aromatic ring is 1. The van der Waals surface area contributed by atoms with Gasteiger partial charge in [0.1, 0.15) is 11.5 Å². The van der Waals surface area contributed by atoms with Gasteiger partial charge in [0.2, 0.25) is 0 Å². The summed E-state index contributed by atoms with van der Waals surface area (Å²) in [4.78, 5) is 12.0. The van der Waals surface area contributed by atoms with Crippen molar-refractivity contribution in [2.24, 2.45) is 0 Å². The highest BCUT2D eigenvalue weighted by Crippen LogP contribution is 2.31. The second kappa shape index (κ2) is 8.58. The van der Waals surface area contributed by atoms with Crippen molar-refractivity contribution in [3.63, 3.8) is 0 Å². The summed E-state index contributed by atoms with van der Waals surface area (Å²) in [5.41, 5.74) is 6.42. The van der Waals surface area contributed by atoms with Crippen LogP contribution in [-0.2, 0) is 4.74 Å². The molecule has 0 amide bonds. The Balaban J connectivity index is 2.71. The molecule has 0 fully saturated rings. The first-order chi connectivity index (χ1) is 9.63. The minimum Gasteiger partial charge on any atom is -0.497 e. The zero-order chi connectivity index (χ0) is 15.0. The molecule has 20 heavy (non-hydrogen) atoms. The zero-order valence-corrected chi connectivity index (χ0v) is 12.9. The van der Waals surface area contributed by atoms with E-state index < -0.39 is 5.97 Å². The standard InChI is InChI=1S/C14H21NO4S/c1-4-20-7-5-6-19-14(16)11-8-10(17-2)9-12(18-3)13(11)15/h8-9H,4-7,15H2,1-3H3. The SMILES string of the molecule is CCSCCCOC(=O)c1cc(OC)cc(OC)c1N. The van der Waals surface area contributed by atoms with Crippen molar-refractivity contribution in [1.29, 1.82) is 0 Å². The fraction of sp³-hybridized carbons (Fsp3) is 0.500. The lowest BCUT2D eigenvalue weighted by molar-refractivity contribution is 0.0507. The lowest BCUT2D eigenvalue weighted by Gasteiger charge is -2.12. The Kier molecular flexibility index (Phi) is 7.08. The van der Waals surface area contributed by atoms with E-state index in [9.17, 15) is 4.79 Å². The van der Waals surface area contributed by atoms with Crippen LogP contribution in [0.15, 0.2) is 12.1 Å². The largest absolute Gasteiger partial charge is 0.497 e. The van der Waals surface area contributed by atoms with Crippen molar-refractivity contribution in [3.05, 3.63) is 17.7 Å². The predicted octanol–water partition coefficient (Wildman–Crippen LogP) is 2.59. The first kappa shape index (κ1) is 16.5. The van der Waals surface area contributed by atoms with Crippen LogP contribution in [0.5, 0.6) is 11.5 Å². The molecule has 0 bridgehead atoms. The summed E-state index contributed by atoms with van der Waals surface area (Å²) >= 11 is 1.81.